The number of hydrogen-bond acceptors (Lipinski definition) is 6. The molecule has 0 aromatic heterocycles. The Morgan fingerprint density at radius 3 is 2.73 bits per heavy atom. The monoisotopic (exact) mass is 524 g/mol. The summed E-state index contributed by atoms with van der Waals surface area (Å²) in [4.78, 5) is 27.1. The zero-order valence-corrected chi connectivity index (χ0v) is 21.4. The van der Waals surface area contributed by atoms with Crippen LogP contribution in [0.3, 0.4) is 0 Å². The van der Waals surface area contributed by atoms with Gasteiger partial charge in [0.1, 0.15) is 4.32 Å². The fourth-order valence-electron chi connectivity index (χ4n) is 3.08. The van der Waals surface area contributed by atoms with Crippen LogP contribution in [0.25, 0.3) is 6.08 Å². The number of anilines is 1. The van der Waals surface area contributed by atoms with Crippen LogP contribution in [0.15, 0.2) is 35.2 Å². The second kappa shape index (κ2) is 11.2. The molecule has 0 aliphatic carbocycles. The molecule has 0 atom stereocenters. The van der Waals surface area contributed by atoms with E-state index in [1.165, 1.54) is 18.9 Å². The highest BCUT2D eigenvalue weighted by Gasteiger charge is 2.31. The maximum atomic E-state index is 12.6. The predicted octanol–water partition coefficient (Wildman–Crippen LogP) is 5.94. The van der Waals surface area contributed by atoms with Gasteiger partial charge in [-0.1, -0.05) is 60.2 Å². The van der Waals surface area contributed by atoms with Crippen LogP contribution in [0.1, 0.15) is 24.5 Å². The van der Waals surface area contributed by atoms with Gasteiger partial charge in [0.25, 0.3) is 11.8 Å². The normalized spacial score (nSPS) is 14.7. The Bertz CT molecular complexity index is 1140. The fraction of sp³-hybridized carbons (Fsp3) is 0.261. The maximum Gasteiger partial charge on any atom is 0.266 e. The van der Waals surface area contributed by atoms with Gasteiger partial charge in [-0.15, -0.1) is 0 Å². The van der Waals surface area contributed by atoms with E-state index in [1.807, 2.05) is 19.9 Å². The van der Waals surface area contributed by atoms with Crippen molar-refractivity contribution in [2.45, 2.75) is 20.3 Å². The number of benzene rings is 2. The third kappa shape index (κ3) is 6.20. The summed E-state index contributed by atoms with van der Waals surface area (Å²) in [6.07, 6.45) is 2.53. The zero-order valence-electron chi connectivity index (χ0n) is 18.2. The molecule has 0 radical (unpaired) electrons. The topological polar surface area (TPSA) is 67.9 Å². The number of carbonyl (C=O) groups excluding carboxylic acids is 2. The van der Waals surface area contributed by atoms with Gasteiger partial charge in [0.2, 0.25) is 0 Å². The summed E-state index contributed by atoms with van der Waals surface area (Å²) in [5.41, 5.74) is 2.13. The summed E-state index contributed by atoms with van der Waals surface area (Å²) in [6.45, 7) is 4.15. The number of ether oxygens (including phenoxy) is 2. The molecule has 2 aromatic rings. The largest absolute Gasteiger partial charge is 0.493 e. The number of aryl methyl sites for hydroxylation is 1. The maximum absolute atomic E-state index is 12.6. The first-order valence-electron chi connectivity index (χ1n) is 10.0. The van der Waals surface area contributed by atoms with Crippen molar-refractivity contribution < 1.29 is 19.1 Å². The number of amides is 2. The Kier molecular flexibility index (Phi) is 8.64. The van der Waals surface area contributed by atoms with Crippen molar-refractivity contribution in [3.8, 4) is 11.5 Å². The minimum absolute atomic E-state index is 0.129. The Morgan fingerprint density at radius 2 is 2.03 bits per heavy atom. The third-order valence-electron chi connectivity index (χ3n) is 4.69. The van der Waals surface area contributed by atoms with Crippen LogP contribution in [0, 0.1) is 6.92 Å². The Labute approximate surface area is 212 Å². The van der Waals surface area contributed by atoms with E-state index >= 15 is 0 Å². The average molecular weight is 525 g/mol. The highest BCUT2D eigenvalue weighted by molar-refractivity contribution is 8.26. The SMILES string of the molecule is CCCN1C(=O)/C(=C/c2cc(Cl)c(OCC(=O)Nc3cc(Cl)ccc3C)c(OC)c2)SC1=S. The van der Waals surface area contributed by atoms with E-state index in [1.54, 1.807) is 35.2 Å². The summed E-state index contributed by atoms with van der Waals surface area (Å²) in [5.74, 6) is 0.0646. The van der Waals surface area contributed by atoms with E-state index in [0.29, 0.717) is 37.8 Å². The number of nitrogens with one attached hydrogen (secondary N) is 1. The molecule has 0 bridgehead atoms. The van der Waals surface area contributed by atoms with Crippen LogP contribution < -0.4 is 14.8 Å². The van der Waals surface area contributed by atoms with Crippen LogP contribution in [0.4, 0.5) is 5.69 Å². The number of rotatable bonds is 8. The lowest BCUT2D eigenvalue weighted by Gasteiger charge is -2.14. The van der Waals surface area contributed by atoms with Crippen molar-refractivity contribution in [1.82, 2.24) is 4.90 Å². The highest BCUT2D eigenvalue weighted by atomic mass is 35.5. The standard InChI is InChI=1S/C23H22Cl2N2O4S2/c1-4-7-27-22(29)19(33-23(27)32)10-14-8-16(25)21(18(9-14)30-3)31-12-20(28)26-17-11-15(24)6-5-13(17)2/h5-6,8-11H,4,7,12H2,1-3H3,(H,26,28)/b19-10-. The average Bonchev–Trinajstić information content (AvgIpc) is 3.02. The molecule has 174 valence electrons. The first-order chi connectivity index (χ1) is 15.7. The fourth-order valence-corrected chi connectivity index (χ4v) is 4.84. The van der Waals surface area contributed by atoms with Gasteiger partial charge in [0, 0.05) is 17.3 Å². The van der Waals surface area contributed by atoms with Gasteiger partial charge in [-0.2, -0.15) is 0 Å². The molecular weight excluding hydrogens is 503 g/mol. The molecule has 6 nitrogen and oxygen atoms in total. The Balaban J connectivity index is 1.74. The summed E-state index contributed by atoms with van der Waals surface area (Å²) in [7, 11) is 1.47. The minimum Gasteiger partial charge on any atom is -0.493 e. The molecule has 0 saturated carbocycles. The molecule has 0 unspecified atom stereocenters. The number of halogens is 2. The second-order valence-corrected chi connectivity index (χ2v) is 9.68. The van der Waals surface area contributed by atoms with Gasteiger partial charge in [-0.05, 0) is 54.8 Å². The molecule has 1 heterocycles. The molecule has 1 aliphatic rings. The number of thioether (sulfide) groups is 1. The molecular formula is C23H22Cl2N2O4S2. The van der Waals surface area contributed by atoms with Crippen LogP contribution >= 0.6 is 47.2 Å². The van der Waals surface area contributed by atoms with E-state index in [0.717, 1.165) is 12.0 Å². The van der Waals surface area contributed by atoms with Gasteiger partial charge in [-0.3, -0.25) is 14.5 Å². The van der Waals surface area contributed by atoms with Crippen molar-refractivity contribution >= 4 is 75.1 Å². The van der Waals surface area contributed by atoms with Gasteiger partial charge in [-0.25, -0.2) is 0 Å². The van der Waals surface area contributed by atoms with Crippen molar-refractivity contribution in [2.75, 3.05) is 25.6 Å². The van der Waals surface area contributed by atoms with Gasteiger partial charge in [0.15, 0.2) is 18.1 Å². The lowest BCUT2D eigenvalue weighted by Crippen LogP contribution is -2.28. The molecule has 1 N–H and O–H groups in total. The smallest absolute Gasteiger partial charge is 0.266 e. The van der Waals surface area contributed by atoms with Crippen molar-refractivity contribution in [2.24, 2.45) is 0 Å². The van der Waals surface area contributed by atoms with E-state index < -0.39 is 0 Å². The van der Waals surface area contributed by atoms with E-state index in [4.69, 9.17) is 44.9 Å². The Morgan fingerprint density at radius 1 is 1.27 bits per heavy atom. The quantitative estimate of drug-likeness (QED) is 0.340. The molecule has 0 spiro atoms. The van der Waals surface area contributed by atoms with Gasteiger partial charge in [0.05, 0.1) is 17.0 Å². The lowest BCUT2D eigenvalue weighted by atomic mass is 10.1. The molecule has 33 heavy (non-hydrogen) atoms. The number of methoxy groups -OCH3 is 1. The highest BCUT2D eigenvalue weighted by Crippen LogP contribution is 2.39. The van der Waals surface area contributed by atoms with Crippen molar-refractivity contribution in [1.29, 1.82) is 0 Å². The minimum atomic E-state index is -0.373. The van der Waals surface area contributed by atoms with Crippen LogP contribution in [0.5, 0.6) is 11.5 Å². The van der Waals surface area contributed by atoms with E-state index in [-0.39, 0.29) is 29.2 Å². The molecule has 1 aliphatic heterocycles. The summed E-state index contributed by atoms with van der Waals surface area (Å²) in [5, 5.41) is 3.53. The number of thiocarbonyl (C=S) groups is 1. The number of carbonyl (C=O) groups is 2. The first-order valence-corrected chi connectivity index (χ1v) is 12.0. The van der Waals surface area contributed by atoms with Crippen LogP contribution in [-0.4, -0.2) is 41.3 Å². The Hall–Kier alpha value is -2.26. The molecule has 2 amide bonds. The third-order valence-corrected chi connectivity index (χ3v) is 6.59. The van der Waals surface area contributed by atoms with Crippen LogP contribution in [0.2, 0.25) is 10.0 Å². The molecule has 1 saturated heterocycles. The van der Waals surface area contributed by atoms with Crippen LogP contribution in [-0.2, 0) is 9.59 Å². The zero-order chi connectivity index (χ0) is 24.1. The lowest BCUT2D eigenvalue weighted by molar-refractivity contribution is -0.122. The molecule has 3 rings (SSSR count). The first kappa shape index (κ1) is 25.4. The number of hydrogen-bond donors (Lipinski definition) is 1. The van der Waals surface area contributed by atoms with Gasteiger partial charge >= 0.3 is 0 Å². The summed E-state index contributed by atoms with van der Waals surface area (Å²) >= 11 is 19.0. The molecule has 10 heteroatoms. The number of nitrogens with zero attached hydrogens (tertiary/aromatic N) is 1. The predicted molar refractivity (Wildman–Crippen MR) is 138 cm³/mol. The van der Waals surface area contributed by atoms with E-state index in [9.17, 15) is 9.59 Å². The van der Waals surface area contributed by atoms with Gasteiger partial charge < -0.3 is 14.8 Å². The summed E-state index contributed by atoms with van der Waals surface area (Å²) < 4.78 is 11.6. The second-order valence-electron chi connectivity index (χ2n) is 7.16. The van der Waals surface area contributed by atoms with E-state index in [2.05, 4.69) is 5.32 Å². The molecule has 1 fully saturated rings. The van der Waals surface area contributed by atoms with Crippen molar-refractivity contribution in [3.05, 3.63) is 56.4 Å². The summed E-state index contributed by atoms with van der Waals surface area (Å²) in [6, 6.07) is 8.56. The van der Waals surface area contributed by atoms with Crippen molar-refractivity contribution in [3.63, 3.8) is 0 Å². The molecule has 2 aromatic carbocycles.